The first-order valence-corrected chi connectivity index (χ1v) is 8.10. The number of rotatable bonds is 7. The van der Waals surface area contributed by atoms with Crippen molar-refractivity contribution in [1.82, 2.24) is 20.1 Å². The highest BCUT2D eigenvalue weighted by Gasteiger charge is 2.21. The highest BCUT2D eigenvalue weighted by atomic mass is 15.2. The van der Waals surface area contributed by atoms with Crippen LogP contribution in [-0.2, 0) is 13.1 Å². The summed E-state index contributed by atoms with van der Waals surface area (Å²) in [5, 5.41) is 3.42. The van der Waals surface area contributed by atoms with Crippen LogP contribution in [0.2, 0.25) is 0 Å². The van der Waals surface area contributed by atoms with Crippen molar-refractivity contribution < 1.29 is 0 Å². The van der Waals surface area contributed by atoms with Gasteiger partial charge >= 0.3 is 0 Å². The van der Waals surface area contributed by atoms with Crippen LogP contribution < -0.4 is 5.32 Å². The zero-order valence-corrected chi connectivity index (χ0v) is 14.0. The van der Waals surface area contributed by atoms with Crippen molar-refractivity contribution >= 4 is 0 Å². The number of likely N-dealkylation sites (N-methyl/N-ethyl adjacent to an activating group) is 2. The molecule has 2 rings (SSSR count). The van der Waals surface area contributed by atoms with Gasteiger partial charge in [0.2, 0.25) is 0 Å². The summed E-state index contributed by atoms with van der Waals surface area (Å²) >= 11 is 0. The molecule has 1 N–H and O–H groups in total. The summed E-state index contributed by atoms with van der Waals surface area (Å²) in [5.74, 6) is 0. The molecule has 1 aromatic heterocycles. The second kappa shape index (κ2) is 7.87. The molecule has 0 amide bonds. The van der Waals surface area contributed by atoms with Gasteiger partial charge in [0.25, 0.3) is 0 Å². The highest BCUT2D eigenvalue weighted by Crippen LogP contribution is 2.16. The Kier molecular flexibility index (Phi) is 6.15. The Morgan fingerprint density at radius 2 is 2.24 bits per heavy atom. The van der Waals surface area contributed by atoms with Crippen molar-refractivity contribution in [3.63, 3.8) is 0 Å². The van der Waals surface area contributed by atoms with E-state index in [1.54, 1.807) is 0 Å². The molecule has 1 atom stereocenters. The molecule has 0 aromatic carbocycles. The van der Waals surface area contributed by atoms with Gasteiger partial charge in [0.15, 0.2) is 0 Å². The summed E-state index contributed by atoms with van der Waals surface area (Å²) < 4.78 is 0. The van der Waals surface area contributed by atoms with Crippen LogP contribution in [0.4, 0.5) is 0 Å². The smallest absolute Gasteiger partial charge is 0.0544 e. The van der Waals surface area contributed by atoms with Crippen LogP contribution in [0, 0.1) is 0 Å². The quantitative estimate of drug-likeness (QED) is 0.833. The molecule has 0 aliphatic carbocycles. The van der Waals surface area contributed by atoms with Crippen molar-refractivity contribution in [1.29, 1.82) is 0 Å². The fraction of sp³-hybridized carbons (Fsp3) is 0.706. The standard InChI is InChI=1S/C17H30N4/c1-14(2)18-10-15-7-8-16(19-11-15)12-20(3)13-17-6-5-9-21(17)4/h7-8,11,14,17-18H,5-6,9-10,12-13H2,1-4H3. The summed E-state index contributed by atoms with van der Waals surface area (Å²) in [6.45, 7) is 8.53. The molecule has 118 valence electrons. The maximum Gasteiger partial charge on any atom is 0.0544 e. The van der Waals surface area contributed by atoms with Crippen molar-refractivity contribution in [3.8, 4) is 0 Å². The second-order valence-corrected chi connectivity index (χ2v) is 6.67. The summed E-state index contributed by atoms with van der Waals surface area (Å²) in [5.41, 5.74) is 2.41. The molecule has 0 bridgehead atoms. The zero-order valence-electron chi connectivity index (χ0n) is 14.0. The van der Waals surface area contributed by atoms with E-state index in [9.17, 15) is 0 Å². The number of nitrogens with zero attached hydrogens (tertiary/aromatic N) is 3. The van der Waals surface area contributed by atoms with Crippen LogP contribution in [0.25, 0.3) is 0 Å². The molecule has 0 spiro atoms. The molecule has 1 aliphatic rings. The highest BCUT2D eigenvalue weighted by molar-refractivity contribution is 5.14. The Labute approximate surface area is 129 Å². The lowest BCUT2D eigenvalue weighted by Gasteiger charge is -2.25. The minimum Gasteiger partial charge on any atom is -0.310 e. The molecule has 1 unspecified atom stereocenters. The van der Waals surface area contributed by atoms with Gasteiger partial charge < -0.3 is 10.2 Å². The van der Waals surface area contributed by atoms with Crippen LogP contribution in [0.5, 0.6) is 0 Å². The Balaban J connectivity index is 1.79. The zero-order chi connectivity index (χ0) is 15.2. The summed E-state index contributed by atoms with van der Waals surface area (Å²) in [6.07, 6.45) is 4.67. The largest absolute Gasteiger partial charge is 0.310 e. The van der Waals surface area contributed by atoms with Gasteiger partial charge in [0.1, 0.15) is 0 Å². The van der Waals surface area contributed by atoms with Crippen molar-refractivity contribution in [2.75, 3.05) is 27.2 Å². The number of aromatic nitrogens is 1. The molecule has 4 heteroatoms. The number of likely N-dealkylation sites (tertiary alicyclic amines) is 1. The molecule has 0 radical (unpaired) electrons. The van der Waals surface area contributed by atoms with Crippen LogP contribution in [0.1, 0.15) is 37.9 Å². The molecule has 1 aliphatic heterocycles. The maximum absolute atomic E-state index is 4.59. The molecule has 1 saturated heterocycles. The van der Waals surface area contributed by atoms with Gasteiger partial charge in [0.05, 0.1) is 5.69 Å². The van der Waals surface area contributed by atoms with Crippen molar-refractivity contribution in [3.05, 3.63) is 29.6 Å². The third-order valence-corrected chi connectivity index (χ3v) is 4.23. The Bertz CT molecular complexity index is 415. The average molecular weight is 290 g/mol. The normalized spacial score (nSPS) is 19.8. The lowest BCUT2D eigenvalue weighted by atomic mass is 10.2. The first-order valence-electron chi connectivity index (χ1n) is 8.10. The van der Waals surface area contributed by atoms with Crippen LogP contribution >= 0.6 is 0 Å². The first-order chi connectivity index (χ1) is 10.0. The number of nitrogens with one attached hydrogen (secondary N) is 1. The monoisotopic (exact) mass is 290 g/mol. The van der Waals surface area contributed by atoms with Crippen LogP contribution in [-0.4, -0.2) is 54.1 Å². The van der Waals surface area contributed by atoms with E-state index in [4.69, 9.17) is 0 Å². The number of hydrogen-bond acceptors (Lipinski definition) is 4. The molecule has 1 aromatic rings. The molecule has 1 fully saturated rings. The number of pyridine rings is 1. The van der Waals surface area contributed by atoms with Crippen LogP contribution in [0.15, 0.2) is 18.3 Å². The van der Waals surface area contributed by atoms with Gasteiger partial charge in [-0.05, 0) is 45.1 Å². The molecular weight excluding hydrogens is 260 g/mol. The fourth-order valence-electron chi connectivity index (χ4n) is 2.89. The lowest BCUT2D eigenvalue weighted by Crippen LogP contribution is -2.36. The minimum atomic E-state index is 0.513. The first kappa shape index (κ1) is 16.4. The topological polar surface area (TPSA) is 31.4 Å². The molecule has 21 heavy (non-hydrogen) atoms. The van der Waals surface area contributed by atoms with Crippen molar-refractivity contribution in [2.45, 2.75) is 51.9 Å². The predicted octanol–water partition coefficient (Wildman–Crippen LogP) is 2.11. The fourth-order valence-corrected chi connectivity index (χ4v) is 2.89. The van der Waals surface area contributed by atoms with Crippen molar-refractivity contribution in [2.24, 2.45) is 0 Å². The predicted molar refractivity (Wildman–Crippen MR) is 88.2 cm³/mol. The Hall–Kier alpha value is -0.970. The van der Waals surface area contributed by atoms with Gasteiger partial charge in [-0.15, -0.1) is 0 Å². The third kappa shape index (κ3) is 5.38. The van der Waals surface area contributed by atoms with E-state index < -0.39 is 0 Å². The van der Waals surface area contributed by atoms with Gasteiger partial charge in [-0.2, -0.15) is 0 Å². The van der Waals surface area contributed by atoms with Gasteiger partial charge in [-0.1, -0.05) is 19.9 Å². The Morgan fingerprint density at radius 1 is 1.43 bits per heavy atom. The molecular formula is C17H30N4. The summed E-state index contributed by atoms with van der Waals surface area (Å²) in [6, 6.07) is 5.57. The van der Waals surface area contributed by atoms with Gasteiger partial charge in [-0.3, -0.25) is 9.88 Å². The SMILES string of the molecule is CC(C)NCc1ccc(CN(C)CC2CCCN2C)nc1. The van der Waals surface area contributed by atoms with E-state index in [1.807, 2.05) is 6.20 Å². The summed E-state index contributed by atoms with van der Waals surface area (Å²) in [4.78, 5) is 9.46. The molecule has 4 nitrogen and oxygen atoms in total. The van der Waals surface area contributed by atoms with E-state index in [1.165, 1.54) is 24.9 Å². The van der Waals surface area contributed by atoms with Crippen LogP contribution in [0.3, 0.4) is 0 Å². The van der Waals surface area contributed by atoms with E-state index in [0.29, 0.717) is 12.1 Å². The Morgan fingerprint density at radius 3 is 2.81 bits per heavy atom. The van der Waals surface area contributed by atoms with E-state index in [0.717, 1.165) is 25.3 Å². The number of hydrogen-bond donors (Lipinski definition) is 1. The average Bonchev–Trinajstić information content (AvgIpc) is 2.83. The third-order valence-electron chi connectivity index (χ3n) is 4.23. The second-order valence-electron chi connectivity index (χ2n) is 6.67. The molecule has 0 saturated carbocycles. The minimum absolute atomic E-state index is 0.513. The molecule has 2 heterocycles. The maximum atomic E-state index is 4.59. The summed E-state index contributed by atoms with van der Waals surface area (Å²) in [7, 11) is 4.43. The van der Waals surface area contributed by atoms with Gasteiger partial charge in [0, 0.05) is 37.9 Å². The van der Waals surface area contributed by atoms with E-state index in [2.05, 4.69) is 60.2 Å². The van der Waals surface area contributed by atoms with E-state index in [-0.39, 0.29) is 0 Å². The lowest BCUT2D eigenvalue weighted by molar-refractivity contribution is 0.214. The van der Waals surface area contributed by atoms with E-state index >= 15 is 0 Å². The van der Waals surface area contributed by atoms with Gasteiger partial charge in [-0.25, -0.2) is 0 Å².